The molecule has 0 saturated carbocycles. The van der Waals surface area contributed by atoms with E-state index in [1.165, 1.54) is 109 Å². The van der Waals surface area contributed by atoms with Gasteiger partial charge in [0.25, 0.3) is 0 Å². The van der Waals surface area contributed by atoms with Gasteiger partial charge in [-0.05, 0) is 181 Å². The number of rotatable bonds is 18. The van der Waals surface area contributed by atoms with Gasteiger partial charge < -0.3 is 41.0 Å². The maximum Gasteiger partial charge on any atom is 3.00 e. The van der Waals surface area contributed by atoms with Gasteiger partial charge in [-0.15, -0.1) is 30.7 Å². The summed E-state index contributed by atoms with van der Waals surface area (Å²) in [5.41, 5.74) is 0. The molecule has 0 atom stereocenters. The van der Waals surface area contributed by atoms with Crippen molar-refractivity contribution in [1.82, 2.24) is 0 Å². The second kappa shape index (κ2) is 56.5. The maximum atomic E-state index is 11.2. The van der Waals surface area contributed by atoms with Crippen LogP contribution in [0.3, 0.4) is 0 Å². The van der Waals surface area contributed by atoms with Crippen molar-refractivity contribution in [2.24, 2.45) is 0 Å². The number of benzene rings is 9. The topological polar surface area (TPSA) is 792 Å². The molecule has 9 aromatic carbocycles. The summed E-state index contributed by atoms with van der Waals surface area (Å²) < 4.78 is 404. The monoisotopic (exact) mass is 2100 g/mol. The molecule has 0 aliphatic heterocycles. The van der Waals surface area contributed by atoms with Gasteiger partial charge in [0.1, 0.15) is 91.1 Å². The molecular weight excluding hydrogens is 2070 g/mol. The Morgan fingerprint density at radius 2 is 0.203 bits per heavy atom. The molecule has 0 N–H and O–H groups in total. The van der Waals surface area contributed by atoms with E-state index in [9.17, 15) is 117 Å². The van der Waals surface area contributed by atoms with Crippen molar-refractivity contribution in [1.29, 1.82) is 0 Å². The van der Waals surface area contributed by atoms with Gasteiger partial charge in [-0.2, -0.15) is 0 Å². The molecule has 9 aromatic rings. The summed E-state index contributed by atoms with van der Waals surface area (Å²) in [7, 11) is -61.3. The van der Waals surface area contributed by atoms with Crippen LogP contribution in [0.2, 0.25) is 0 Å². The zero-order valence-electron chi connectivity index (χ0n) is 61.2. The van der Waals surface area contributed by atoms with Gasteiger partial charge >= 0.3 is 285 Å². The molecule has 0 aliphatic carbocycles. The summed E-state index contributed by atoms with van der Waals surface area (Å²) in [5, 5.41) is 4.98. The van der Waals surface area contributed by atoms with Crippen LogP contribution in [-0.2, 0) is 111 Å². The zero-order valence-corrected chi connectivity index (χ0v) is 93.1. The minimum absolute atomic E-state index is 0. The van der Waals surface area contributed by atoms with Crippen LogP contribution in [0, 0.1) is 30.7 Å². The summed E-state index contributed by atoms with van der Waals surface area (Å²) in [6.07, 6.45) is 0. The third-order valence-corrected chi connectivity index (χ3v) is 27.4. The van der Waals surface area contributed by atoms with Gasteiger partial charge in [0.15, 0.2) is 0 Å². The minimum Gasteiger partial charge on any atom is -0.744 e. The van der Waals surface area contributed by atoms with Crippen molar-refractivity contribution in [3.8, 4) is 0 Å². The average Bonchev–Trinajstić information content (AvgIpc) is 0.798. The van der Waals surface area contributed by atoms with Gasteiger partial charge in [0.2, 0.25) is 0 Å². The van der Waals surface area contributed by atoms with E-state index in [4.69, 9.17) is 55.9 Å². The predicted octanol–water partition coefficient (Wildman–Crippen LogP) is -40.8. The second-order valence-corrected chi connectivity index (χ2v) is 41.0. The summed E-state index contributed by atoms with van der Waals surface area (Å²) >= 11 is 0. The standard InChI is InChI=1S/3C18H15O9PS3.3ClHO4.9Na.Rh/c3*19-29(20,21)16-7-1-13(2-8-16)28(14-3-9-17(10-4-14)30(22,23)24)15-5-11-18(12-6-15)31(25,26)27;3*2-1(3,4)5;;;;;;;;;;/h3*1-12H,(H,19,20,21)(H,22,23,24)(H,25,26,27);3*(H,2,3,4,5);;;;;;;;;;/q;;;;;;9*+1;+3/p-12. The molecule has 0 radical (unpaired) electrons. The summed E-state index contributed by atoms with van der Waals surface area (Å²) in [6.45, 7) is 0. The quantitative estimate of drug-likeness (QED) is 0.0437. The molecule has 9 rings (SSSR count). The number of halogens is 3. The molecule has 0 heterocycles. The van der Waals surface area contributed by atoms with E-state index in [-0.39, 0.29) is 285 Å². The first-order valence-electron chi connectivity index (χ1n) is 26.6. The molecule has 0 amide bonds. The first-order valence-corrected chi connectivity index (χ1v) is 47.0. The minimum atomic E-state index is -4.94. The van der Waals surface area contributed by atoms with Crippen LogP contribution in [-0.4, -0.2) is 117 Å². The molecule has 0 bridgehead atoms. The molecule has 0 aromatic heterocycles. The molecule has 0 unspecified atom stereocenters. The largest absolute Gasteiger partial charge is 3.00 e. The third-order valence-electron chi connectivity index (χ3n) is 12.5. The van der Waals surface area contributed by atoms with Crippen LogP contribution in [0.15, 0.2) is 262 Å². The summed E-state index contributed by atoms with van der Waals surface area (Å²) in [5.74, 6) is 0. The fraction of sp³-hybridized carbons (Fsp3) is 0. The SMILES string of the molecule is O=S(=O)([O-])c1ccc(P(c2ccc(S(=O)(=O)[O-])cc2)c2ccc(S(=O)(=O)[O-])cc2)cc1.O=S(=O)([O-])c1ccc(P(c2ccc(S(=O)(=O)[O-])cc2)c2ccc(S(=O)(=O)[O-])cc2)cc1.O=S(=O)([O-])c1ccc(P(c2ccc(S(=O)(=O)[O-])cc2)c2ccc(S(=O)(=O)[O-])cc2)cc1.[Na+].[Na+].[Na+].[Na+].[Na+].[Na+].[Na+].[Na+].[Na+].[O-][Cl+3]([O-])([O-])[O-].[O-][Cl+3]([O-])([O-])[O-].[O-][Cl+3]([O-])([O-])[O-].[Rh+3]. The molecule has 0 saturated heterocycles. The first kappa shape index (κ1) is 135. The Balaban J connectivity index is -0.000000276. The van der Waals surface area contributed by atoms with E-state index < -0.39 is 190 Å². The Morgan fingerprint density at radius 3 is 0.246 bits per heavy atom. The van der Waals surface area contributed by atoms with Crippen LogP contribution < -0.4 is 370 Å². The van der Waals surface area contributed by atoms with Crippen LogP contribution in [0.1, 0.15) is 0 Å². The molecule has 0 spiro atoms. The molecule has 0 aliphatic rings. The number of hydrogen-bond donors (Lipinski definition) is 0. The molecule has 594 valence electrons. The molecular formula is C54H36Cl3Na9O39P3RhS9. The molecule has 0 fully saturated rings. The van der Waals surface area contributed by atoms with Gasteiger partial charge in [0.05, 0.1) is 44.1 Å². The number of hydrogen-bond acceptors (Lipinski definition) is 39. The van der Waals surface area contributed by atoms with Gasteiger partial charge in [-0.3, -0.25) is 0 Å². The van der Waals surface area contributed by atoms with Crippen molar-refractivity contribution in [2.45, 2.75) is 44.1 Å². The van der Waals surface area contributed by atoms with Crippen LogP contribution in [0.4, 0.5) is 0 Å². The van der Waals surface area contributed by atoms with E-state index in [1.807, 2.05) is 0 Å². The predicted molar refractivity (Wildman–Crippen MR) is 327 cm³/mol. The third kappa shape index (κ3) is 49.8. The molecule has 118 heavy (non-hydrogen) atoms. The fourth-order valence-corrected chi connectivity index (χ4v) is 19.1. The first-order chi connectivity index (χ1) is 48.8. The van der Waals surface area contributed by atoms with E-state index in [2.05, 4.69) is 0 Å². The van der Waals surface area contributed by atoms with Crippen LogP contribution in [0.5, 0.6) is 0 Å². The normalized spacial score (nSPS) is 11.6. The fourth-order valence-electron chi connectivity index (χ4n) is 8.20. The Morgan fingerprint density at radius 1 is 0.153 bits per heavy atom. The molecule has 64 heteroatoms. The zero-order chi connectivity index (χ0) is 82.6. The summed E-state index contributed by atoms with van der Waals surface area (Å²) in [4.78, 5) is -3.94. The Kier molecular flexibility index (Phi) is 64.4. The Hall–Kier alpha value is 3.47. The van der Waals surface area contributed by atoms with Gasteiger partial charge in [-0.25, -0.2) is 132 Å². The van der Waals surface area contributed by atoms with Crippen LogP contribution in [0.25, 0.3) is 0 Å². The maximum absolute atomic E-state index is 11.2. The Labute approximate surface area is 898 Å². The smallest absolute Gasteiger partial charge is 0.744 e. The second-order valence-electron chi connectivity index (χ2n) is 19.7. The molecule has 39 nitrogen and oxygen atoms in total. The van der Waals surface area contributed by atoms with E-state index in [1.54, 1.807) is 0 Å². The van der Waals surface area contributed by atoms with Crippen molar-refractivity contribution < 1.29 is 489 Å². The van der Waals surface area contributed by atoms with Gasteiger partial charge in [0, 0.05) is 0 Å². The van der Waals surface area contributed by atoms with E-state index >= 15 is 0 Å². The van der Waals surface area contributed by atoms with Crippen molar-refractivity contribution in [2.75, 3.05) is 0 Å². The Bertz CT molecular complexity index is 4610. The average molecular weight is 2110 g/mol. The van der Waals surface area contributed by atoms with E-state index in [0.29, 0.717) is 47.7 Å². The van der Waals surface area contributed by atoms with Crippen LogP contribution >= 0.6 is 23.8 Å². The van der Waals surface area contributed by atoms with E-state index in [0.717, 1.165) is 109 Å². The van der Waals surface area contributed by atoms with Crippen molar-refractivity contribution in [3.05, 3.63) is 218 Å². The van der Waals surface area contributed by atoms with Gasteiger partial charge in [-0.1, -0.05) is 109 Å². The van der Waals surface area contributed by atoms with Crippen molar-refractivity contribution in [3.63, 3.8) is 0 Å². The van der Waals surface area contributed by atoms with Crippen molar-refractivity contribution >= 4 is 163 Å². The summed E-state index contributed by atoms with van der Waals surface area (Å²) in [6, 6.07) is 45.6.